The van der Waals surface area contributed by atoms with Crippen molar-refractivity contribution in [3.05, 3.63) is 47.5 Å². The third-order valence-corrected chi connectivity index (χ3v) is 5.58. The van der Waals surface area contributed by atoms with Gasteiger partial charge in [-0.2, -0.15) is 0 Å². The van der Waals surface area contributed by atoms with Crippen molar-refractivity contribution in [3.8, 4) is 5.75 Å². The number of rotatable bonds is 5. The number of anilines is 2. The van der Waals surface area contributed by atoms with E-state index < -0.39 is 10.0 Å². The van der Waals surface area contributed by atoms with E-state index in [1.807, 2.05) is 18.2 Å². The molecule has 0 bridgehead atoms. The quantitative estimate of drug-likeness (QED) is 0.861. The lowest BCUT2D eigenvalue weighted by Crippen LogP contribution is -2.36. The Morgan fingerprint density at radius 2 is 1.92 bits per heavy atom. The minimum Gasteiger partial charge on any atom is -0.495 e. The van der Waals surface area contributed by atoms with E-state index in [-0.39, 0.29) is 9.92 Å². The first-order valence-corrected chi connectivity index (χ1v) is 9.65. The van der Waals surface area contributed by atoms with E-state index in [4.69, 9.17) is 21.1 Å². The zero-order valence-electron chi connectivity index (χ0n) is 13.7. The molecule has 0 radical (unpaired) electrons. The normalized spacial score (nSPS) is 15.0. The van der Waals surface area contributed by atoms with E-state index >= 15 is 0 Å². The number of hydrogen-bond acceptors (Lipinski definition) is 5. The lowest BCUT2D eigenvalue weighted by atomic mass is 10.2. The smallest absolute Gasteiger partial charge is 0.261 e. The van der Waals surface area contributed by atoms with Gasteiger partial charge >= 0.3 is 0 Å². The van der Waals surface area contributed by atoms with Crippen LogP contribution in [0.4, 0.5) is 11.4 Å². The summed E-state index contributed by atoms with van der Waals surface area (Å²) in [5.41, 5.74) is 1.45. The highest BCUT2D eigenvalue weighted by Gasteiger charge is 2.17. The number of nitrogens with one attached hydrogen (secondary N) is 1. The van der Waals surface area contributed by atoms with E-state index in [2.05, 4.69) is 9.62 Å². The standard InChI is InChI=1S/C17H19ClN2O4S/c1-23-17-6-5-15(12-16(17)18)25(21,22)19-13-3-2-4-14(11-13)20-7-9-24-10-8-20/h2-6,11-12,19H,7-10H2,1H3. The second-order valence-electron chi connectivity index (χ2n) is 5.55. The lowest BCUT2D eigenvalue weighted by molar-refractivity contribution is 0.122. The van der Waals surface area contributed by atoms with Crippen LogP contribution in [0.5, 0.6) is 5.75 Å². The van der Waals surface area contributed by atoms with Crippen LogP contribution in [0.15, 0.2) is 47.4 Å². The van der Waals surface area contributed by atoms with Gasteiger partial charge in [0.05, 0.1) is 35.9 Å². The van der Waals surface area contributed by atoms with Crippen molar-refractivity contribution in [1.29, 1.82) is 0 Å². The highest BCUT2D eigenvalue weighted by molar-refractivity contribution is 7.92. The molecule has 3 rings (SSSR count). The van der Waals surface area contributed by atoms with Crippen molar-refractivity contribution in [2.75, 3.05) is 43.0 Å². The van der Waals surface area contributed by atoms with Gasteiger partial charge in [0.25, 0.3) is 10.0 Å². The van der Waals surface area contributed by atoms with Gasteiger partial charge in [-0.15, -0.1) is 0 Å². The first kappa shape index (κ1) is 17.8. The van der Waals surface area contributed by atoms with Crippen molar-refractivity contribution in [2.24, 2.45) is 0 Å². The van der Waals surface area contributed by atoms with E-state index in [1.54, 1.807) is 6.07 Å². The molecule has 1 heterocycles. The Bertz CT molecular complexity index is 851. The van der Waals surface area contributed by atoms with Crippen molar-refractivity contribution in [3.63, 3.8) is 0 Å². The van der Waals surface area contributed by atoms with Gasteiger partial charge < -0.3 is 14.4 Å². The van der Waals surface area contributed by atoms with Crippen molar-refractivity contribution >= 4 is 33.0 Å². The maximum absolute atomic E-state index is 12.6. The molecular weight excluding hydrogens is 364 g/mol. The average Bonchev–Trinajstić information content (AvgIpc) is 2.62. The number of ether oxygens (including phenoxy) is 2. The fraction of sp³-hybridized carbons (Fsp3) is 0.294. The molecule has 0 aliphatic carbocycles. The molecule has 25 heavy (non-hydrogen) atoms. The molecule has 1 aliphatic heterocycles. The molecule has 1 N–H and O–H groups in total. The minimum atomic E-state index is -3.74. The molecule has 1 fully saturated rings. The van der Waals surface area contributed by atoms with Crippen LogP contribution in [0.25, 0.3) is 0 Å². The summed E-state index contributed by atoms with van der Waals surface area (Å²) < 4.78 is 38.2. The molecule has 134 valence electrons. The van der Waals surface area contributed by atoms with Crippen LogP contribution in [0.3, 0.4) is 0 Å². The van der Waals surface area contributed by atoms with Crippen LogP contribution < -0.4 is 14.4 Å². The number of halogens is 1. The van der Waals surface area contributed by atoms with Gasteiger partial charge in [-0.25, -0.2) is 8.42 Å². The second kappa shape index (κ2) is 7.51. The number of benzene rings is 2. The molecular formula is C17H19ClN2O4S. The first-order valence-electron chi connectivity index (χ1n) is 7.79. The van der Waals surface area contributed by atoms with Gasteiger partial charge in [-0.1, -0.05) is 17.7 Å². The van der Waals surface area contributed by atoms with Gasteiger partial charge in [0, 0.05) is 18.8 Å². The van der Waals surface area contributed by atoms with E-state index in [1.165, 1.54) is 25.3 Å². The van der Waals surface area contributed by atoms with Gasteiger partial charge in [0.2, 0.25) is 0 Å². The fourth-order valence-corrected chi connectivity index (χ4v) is 4.01. The van der Waals surface area contributed by atoms with Crippen LogP contribution in [-0.4, -0.2) is 41.8 Å². The Kier molecular flexibility index (Phi) is 5.36. The largest absolute Gasteiger partial charge is 0.495 e. The molecule has 0 unspecified atom stereocenters. The van der Waals surface area contributed by atoms with Gasteiger partial charge in [0.1, 0.15) is 5.75 Å². The third kappa shape index (κ3) is 4.18. The lowest BCUT2D eigenvalue weighted by Gasteiger charge is -2.29. The second-order valence-corrected chi connectivity index (χ2v) is 7.64. The summed E-state index contributed by atoms with van der Waals surface area (Å²) in [6.07, 6.45) is 0. The average molecular weight is 383 g/mol. The summed E-state index contributed by atoms with van der Waals surface area (Å²) in [5, 5.41) is 0.243. The molecule has 0 spiro atoms. The summed E-state index contributed by atoms with van der Waals surface area (Å²) in [5.74, 6) is 0.426. The maximum Gasteiger partial charge on any atom is 0.261 e. The Hall–Kier alpha value is -1.96. The zero-order valence-corrected chi connectivity index (χ0v) is 15.3. The molecule has 0 aromatic heterocycles. The van der Waals surface area contributed by atoms with Crippen molar-refractivity contribution in [1.82, 2.24) is 0 Å². The molecule has 0 saturated carbocycles. The Morgan fingerprint density at radius 3 is 2.60 bits per heavy atom. The summed E-state index contributed by atoms with van der Waals surface area (Å²) >= 11 is 6.03. The molecule has 0 amide bonds. The van der Waals surface area contributed by atoms with Crippen LogP contribution in [-0.2, 0) is 14.8 Å². The van der Waals surface area contributed by atoms with E-state index in [9.17, 15) is 8.42 Å². The SMILES string of the molecule is COc1ccc(S(=O)(=O)Nc2cccc(N3CCOCC3)c2)cc1Cl. The molecule has 8 heteroatoms. The predicted molar refractivity (Wildman–Crippen MR) is 98.3 cm³/mol. The number of nitrogens with zero attached hydrogens (tertiary/aromatic N) is 1. The van der Waals surface area contributed by atoms with Gasteiger partial charge in [-0.05, 0) is 36.4 Å². The molecule has 2 aromatic rings. The van der Waals surface area contributed by atoms with Crippen LogP contribution in [0, 0.1) is 0 Å². The number of morpholine rings is 1. The number of hydrogen-bond donors (Lipinski definition) is 1. The van der Waals surface area contributed by atoms with Crippen LogP contribution >= 0.6 is 11.6 Å². The zero-order chi connectivity index (χ0) is 17.9. The number of methoxy groups -OCH3 is 1. The molecule has 1 saturated heterocycles. The summed E-state index contributed by atoms with van der Waals surface area (Å²) in [4.78, 5) is 2.24. The third-order valence-electron chi connectivity index (χ3n) is 3.91. The Balaban J connectivity index is 1.82. The molecule has 6 nitrogen and oxygen atoms in total. The predicted octanol–water partition coefficient (Wildman–Crippen LogP) is 2.99. The summed E-state index contributed by atoms with van der Waals surface area (Å²) in [6, 6.07) is 11.7. The monoisotopic (exact) mass is 382 g/mol. The van der Waals surface area contributed by atoms with Gasteiger partial charge in [0.15, 0.2) is 0 Å². The molecule has 2 aromatic carbocycles. The summed E-state index contributed by atoms with van der Waals surface area (Å²) in [6.45, 7) is 2.90. The van der Waals surface area contributed by atoms with Crippen molar-refractivity contribution < 1.29 is 17.9 Å². The molecule has 1 aliphatic rings. The molecule has 0 atom stereocenters. The van der Waals surface area contributed by atoms with Crippen molar-refractivity contribution in [2.45, 2.75) is 4.90 Å². The summed E-state index contributed by atoms with van der Waals surface area (Å²) in [7, 11) is -2.26. The van der Waals surface area contributed by atoms with E-state index in [0.29, 0.717) is 24.7 Å². The highest BCUT2D eigenvalue weighted by atomic mass is 35.5. The Morgan fingerprint density at radius 1 is 1.16 bits per heavy atom. The van der Waals surface area contributed by atoms with Crippen LogP contribution in [0.1, 0.15) is 0 Å². The highest BCUT2D eigenvalue weighted by Crippen LogP contribution is 2.28. The first-order chi connectivity index (χ1) is 12.0. The fourth-order valence-electron chi connectivity index (χ4n) is 2.62. The van der Waals surface area contributed by atoms with Crippen LogP contribution in [0.2, 0.25) is 5.02 Å². The topological polar surface area (TPSA) is 67.9 Å². The minimum absolute atomic E-state index is 0.0788. The Labute approximate surface area is 152 Å². The number of sulfonamides is 1. The van der Waals surface area contributed by atoms with E-state index in [0.717, 1.165) is 18.8 Å². The maximum atomic E-state index is 12.6. The van der Waals surface area contributed by atoms with Gasteiger partial charge in [-0.3, -0.25) is 4.72 Å².